The molecule has 1 aromatic rings. The molecule has 0 amide bonds. The van der Waals surface area contributed by atoms with Crippen LogP contribution < -0.4 is 4.74 Å². The van der Waals surface area contributed by atoms with Gasteiger partial charge in [-0.1, -0.05) is 52.0 Å². The molecule has 1 unspecified atom stereocenters. The highest BCUT2D eigenvalue weighted by atomic mass is 32.2. The summed E-state index contributed by atoms with van der Waals surface area (Å²) in [5, 5.41) is -0.606. The van der Waals surface area contributed by atoms with E-state index in [-0.39, 0.29) is 11.5 Å². The van der Waals surface area contributed by atoms with Gasteiger partial charge in [0.05, 0.1) is 11.0 Å². The molecule has 0 saturated heterocycles. The second-order valence-electron chi connectivity index (χ2n) is 7.06. The highest BCUT2D eigenvalue weighted by Gasteiger charge is 2.30. The zero-order valence-electron chi connectivity index (χ0n) is 15.2. The molecule has 1 aliphatic rings. The summed E-state index contributed by atoms with van der Waals surface area (Å²) in [5.41, 5.74) is -0.0833. The Hall–Kier alpha value is -1.55. The van der Waals surface area contributed by atoms with Crippen LogP contribution in [0.15, 0.2) is 53.5 Å². The van der Waals surface area contributed by atoms with Crippen LogP contribution in [0.5, 0.6) is 5.75 Å². The van der Waals surface area contributed by atoms with E-state index in [0.29, 0.717) is 16.6 Å². The number of rotatable bonds is 6. The van der Waals surface area contributed by atoms with Crippen LogP contribution in [0.25, 0.3) is 0 Å². The van der Waals surface area contributed by atoms with Crippen molar-refractivity contribution in [2.45, 2.75) is 57.3 Å². The maximum Gasteiger partial charge on any atom is 0.188 e. The smallest absolute Gasteiger partial charge is 0.188 e. The Balaban J connectivity index is 2.19. The van der Waals surface area contributed by atoms with Gasteiger partial charge in [-0.05, 0) is 43.5 Å². The monoisotopic (exact) mass is 348 g/mol. The zero-order chi connectivity index (χ0) is 18.0. The Morgan fingerprint density at radius 1 is 1.08 bits per heavy atom. The molecule has 0 saturated carbocycles. The second kappa shape index (κ2) is 7.14. The minimum Gasteiger partial charge on any atom is -0.491 e. The van der Waals surface area contributed by atoms with Crippen molar-refractivity contribution in [1.82, 2.24) is 0 Å². The molecule has 0 aromatic heterocycles. The first kappa shape index (κ1) is 18.8. The first-order valence-corrected chi connectivity index (χ1v) is 10.1. The van der Waals surface area contributed by atoms with Crippen molar-refractivity contribution in [1.29, 1.82) is 0 Å². The summed E-state index contributed by atoms with van der Waals surface area (Å²) in [5.74, 6) is 1.12. The fourth-order valence-corrected chi connectivity index (χ4v) is 3.90. The zero-order valence-corrected chi connectivity index (χ0v) is 16.0. The topological polar surface area (TPSA) is 43.4 Å². The summed E-state index contributed by atoms with van der Waals surface area (Å²) < 4.78 is 31.3. The summed E-state index contributed by atoms with van der Waals surface area (Å²) in [4.78, 5) is 0.325. The van der Waals surface area contributed by atoms with E-state index in [9.17, 15) is 8.42 Å². The summed E-state index contributed by atoms with van der Waals surface area (Å²) >= 11 is 0. The molecule has 1 aromatic carbocycles. The molecule has 0 spiro atoms. The first-order chi connectivity index (χ1) is 11.2. The molecule has 4 heteroatoms. The van der Waals surface area contributed by atoms with Gasteiger partial charge in [-0.3, -0.25) is 0 Å². The lowest BCUT2D eigenvalue weighted by molar-refractivity contribution is 0.217. The number of hydrogen-bond donors (Lipinski definition) is 0. The standard InChI is InChI=1S/C20H28O3S/c1-6-16(4)23-17-7-9-18(10-8-17)24(21,22)19-11-13-20(5,14-12-19)15(2)3/h7-16,19H,6H2,1-5H3. The van der Waals surface area contributed by atoms with Gasteiger partial charge in [-0.15, -0.1) is 0 Å². The molecule has 3 nitrogen and oxygen atoms in total. The van der Waals surface area contributed by atoms with Crippen molar-refractivity contribution < 1.29 is 13.2 Å². The molecule has 0 aliphatic heterocycles. The van der Waals surface area contributed by atoms with E-state index in [1.54, 1.807) is 36.4 Å². The van der Waals surface area contributed by atoms with E-state index in [0.717, 1.165) is 6.42 Å². The van der Waals surface area contributed by atoms with Crippen LogP contribution in [0.4, 0.5) is 0 Å². The molecule has 0 heterocycles. The lowest BCUT2D eigenvalue weighted by atomic mass is 9.76. The van der Waals surface area contributed by atoms with Crippen molar-refractivity contribution in [3.05, 3.63) is 48.6 Å². The van der Waals surface area contributed by atoms with Gasteiger partial charge in [0.2, 0.25) is 0 Å². The first-order valence-electron chi connectivity index (χ1n) is 8.58. The fraction of sp³-hybridized carbons (Fsp3) is 0.500. The van der Waals surface area contributed by atoms with Crippen molar-refractivity contribution in [3.63, 3.8) is 0 Å². The molecule has 2 rings (SSSR count). The van der Waals surface area contributed by atoms with Crippen LogP contribution in [-0.4, -0.2) is 19.8 Å². The molecular formula is C20H28O3S. The van der Waals surface area contributed by atoms with E-state index in [4.69, 9.17) is 4.74 Å². The minimum absolute atomic E-state index is 0.0833. The van der Waals surface area contributed by atoms with Gasteiger partial charge in [0.1, 0.15) is 11.0 Å². The highest BCUT2D eigenvalue weighted by molar-refractivity contribution is 7.92. The molecular weight excluding hydrogens is 320 g/mol. The number of hydrogen-bond acceptors (Lipinski definition) is 3. The number of benzene rings is 1. The van der Waals surface area contributed by atoms with Gasteiger partial charge < -0.3 is 4.74 Å². The predicted molar refractivity (Wildman–Crippen MR) is 99.0 cm³/mol. The quantitative estimate of drug-likeness (QED) is 0.694. The summed E-state index contributed by atoms with van der Waals surface area (Å²) in [6.45, 7) is 10.4. The van der Waals surface area contributed by atoms with Crippen LogP contribution >= 0.6 is 0 Å². The van der Waals surface area contributed by atoms with Gasteiger partial charge in [-0.2, -0.15) is 0 Å². The Labute approximate surface area is 146 Å². The normalized spacial score (nSPS) is 25.0. The second-order valence-corrected chi connectivity index (χ2v) is 9.16. The molecule has 0 fully saturated rings. The Kier molecular flexibility index (Phi) is 5.59. The van der Waals surface area contributed by atoms with Crippen molar-refractivity contribution in [2.75, 3.05) is 0 Å². The van der Waals surface area contributed by atoms with Gasteiger partial charge in [0.25, 0.3) is 0 Å². The molecule has 132 valence electrons. The van der Waals surface area contributed by atoms with Crippen LogP contribution in [-0.2, 0) is 9.84 Å². The molecule has 0 radical (unpaired) electrons. The maximum absolute atomic E-state index is 12.8. The van der Waals surface area contributed by atoms with E-state index in [1.165, 1.54) is 0 Å². The van der Waals surface area contributed by atoms with E-state index >= 15 is 0 Å². The van der Waals surface area contributed by atoms with Gasteiger partial charge >= 0.3 is 0 Å². The third-order valence-electron chi connectivity index (χ3n) is 4.96. The molecule has 1 aliphatic carbocycles. The summed E-state index contributed by atoms with van der Waals surface area (Å²) in [7, 11) is -3.42. The minimum atomic E-state index is -3.42. The number of ether oxygens (including phenoxy) is 1. The van der Waals surface area contributed by atoms with E-state index in [1.807, 2.05) is 19.1 Å². The molecule has 0 N–H and O–H groups in total. The Bertz CT molecular complexity index is 698. The molecule has 1 atom stereocenters. The Morgan fingerprint density at radius 2 is 1.62 bits per heavy atom. The van der Waals surface area contributed by atoms with Crippen molar-refractivity contribution >= 4 is 9.84 Å². The predicted octanol–water partition coefficient (Wildman–Crippen LogP) is 4.79. The average molecular weight is 349 g/mol. The van der Waals surface area contributed by atoms with E-state index in [2.05, 4.69) is 27.7 Å². The third-order valence-corrected chi connectivity index (χ3v) is 6.92. The molecule has 0 bridgehead atoms. The summed E-state index contributed by atoms with van der Waals surface area (Å²) in [6.07, 6.45) is 8.66. The average Bonchev–Trinajstić information content (AvgIpc) is 2.55. The fourth-order valence-electron chi connectivity index (χ4n) is 2.50. The van der Waals surface area contributed by atoms with Crippen LogP contribution in [0.2, 0.25) is 0 Å². The SMILES string of the molecule is CCC(C)Oc1ccc(S(=O)(=O)C2C=CC(C)(C(C)C)C=C2)cc1. The van der Waals surface area contributed by atoms with Gasteiger partial charge in [0, 0.05) is 5.41 Å². The number of sulfone groups is 1. The Morgan fingerprint density at radius 3 is 2.08 bits per heavy atom. The maximum atomic E-state index is 12.8. The summed E-state index contributed by atoms with van der Waals surface area (Å²) in [6, 6.07) is 6.72. The van der Waals surface area contributed by atoms with Crippen LogP contribution in [0.3, 0.4) is 0 Å². The lowest BCUT2D eigenvalue weighted by Gasteiger charge is -2.30. The van der Waals surface area contributed by atoms with Gasteiger partial charge in [0.15, 0.2) is 9.84 Å². The third kappa shape index (κ3) is 3.92. The number of allylic oxidation sites excluding steroid dienone is 2. The van der Waals surface area contributed by atoms with Crippen molar-refractivity contribution in [2.24, 2.45) is 11.3 Å². The van der Waals surface area contributed by atoms with Gasteiger partial charge in [-0.25, -0.2) is 8.42 Å². The van der Waals surface area contributed by atoms with E-state index < -0.39 is 15.1 Å². The van der Waals surface area contributed by atoms with Crippen LogP contribution in [0, 0.1) is 11.3 Å². The van der Waals surface area contributed by atoms with Crippen molar-refractivity contribution in [3.8, 4) is 5.75 Å². The molecule has 24 heavy (non-hydrogen) atoms. The van der Waals surface area contributed by atoms with Crippen LogP contribution in [0.1, 0.15) is 41.0 Å². The largest absolute Gasteiger partial charge is 0.491 e. The lowest BCUT2D eigenvalue weighted by Crippen LogP contribution is -2.26. The highest BCUT2D eigenvalue weighted by Crippen LogP contribution is 2.35.